The van der Waals surface area contributed by atoms with E-state index in [4.69, 9.17) is 10.2 Å². The predicted molar refractivity (Wildman–Crippen MR) is 74.4 cm³/mol. The Bertz CT molecular complexity index is 487. The summed E-state index contributed by atoms with van der Waals surface area (Å²) >= 11 is 3.31. The molecule has 1 aromatic carbocycles. The maximum Gasteiger partial charge on any atom is 0.326 e. The number of carbonyl (C=O) groups excluding carboxylic acids is 1. The van der Waals surface area contributed by atoms with E-state index in [-0.39, 0.29) is 13.0 Å². The van der Waals surface area contributed by atoms with Crippen molar-refractivity contribution in [2.75, 3.05) is 6.61 Å². The van der Waals surface area contributed by atoms with Crippen LogP contribution < -0.4 is 5.32 Å². The lowest BCUT2D eigenvalue weighted by Crippen LogP contribution is -2.40. The molecule has 1 aromatic rings. The van der Waals surface area contributed by atoms with Crippen molar-refractivity contribution in [3.05, 3.63) is 40.4 Å². The first-order valence-electron chi connectivity index (χ1n) is 5.60. The Morgan fingerprint density at radius 3 is 2.74 bits per heavy atom. The van der Waals surface area contributed by atoms with Gasteiger partial charge in [0.15, 0.2) is 0 Å². The SMILES string of the molecule is O=C(/C=C/c1cccc(Br)c1)N[C@H](CCO)C(=O)O. The van der Waals surface area contributed by atoms with Crippen molar-refractivity contribution in [1.82, 2.24) is 5.32 Å². The minimum absolute atomic E-state index is 0.0220. The number of hydrogen-bond acceptors (Lipinski definition) is 3. The minimum atomic E-state index is -1.17. The van der Waals surface area contributed by atoms with Gasteiger partial charge in [-0.15, -0.1) is 0 Å². The summed E-state index contributed by atoms with van der Waals surface area (Å²) in [6.07, 6.45) is 2.82. The van der Waals surface area contributed by atoms with Crippen molar-refractivity contribution in [2.24, 2.45) is 0 Å². The van der Waals surface area contributed by atoms with E-state index in [2.05, 4.69) is 21.2 Å². The minimum Gasteiger partial charge on any atom is -0.480 e. The molecule has 0 radical (unpaired) electrons. The molecule has 0 aliphatic heterocycles. The van der Waals surface area contributed by atoms with E-state index in [0.717, 1.165) is 10.0 Å². The lowest BCUT2D eigenvalue weighted by molar-refractivity contribution is -0.141. The third-order valence-electron chi connectivity index (χ3n) is 2.31. The van der Waals surface area contributed by atoms with E-state index in [1.165, 1.54) is 6.08 Å². The highest BCUT2D eigenvalue weighted by Crippen LogP contribution is 2.12. The summed E-state index contributed by atoms with van der Waals surface area (Å²) in [6, 6.07) is 6.25. The largest absolute Gasteiger partial charge is 0.480 e. The van der Waals surface area contributed by atoms with Crippen LogP contribution in [0.3, 0.4) is 0 Å². The summed E-state index contributed by atoms with van der Waals surface area (Å²) in [5.41, 5.74) is 0.818. The van der Waals surface area contributed by atoms with Crippen LogP contribution in [0, 0.1) is 0 Å². The first-order chi connectivity index (χ1) is 9.02. The average molecular weight is 328 g/mol. The maximum absolute atomic E-state index is 11.5. The van der Waals surface area contributed by atoms with Crippen molar-refractivity contribution in [3.63, 3.8) is 0 Å². The van der Waals surface area contributed by atoms with Gasteiger partial charge in [0.25, 0.3) is 0 Å². The molecular formula is C13H14BrNO4. The first-order valence-corrected chi connectivity index (χ1v) is 6.40. The Morgan fingerprint density at radius 1 is 1.42 bits per heavy atom. The number of amides is 1. The predicted octanol–water partition coefficient (Wildman–Crippen LogP) is 1.41. The van der Waals surface area contributed by atoms with Crippen LogP contribution in [0.25, 0.3) is 6.08 Å². The second kappa shape index (κ2) is 7.70. The van der Waals surface area contributed by atoms with Crippen molar-refractivity contribution in [2.45, 2.75) is 12.5 Å². The molecule has 102 valence electrons. The van der Waals surface area contributed by atoms with Gasteiger partial charge in [-0.05, 0) is 23.8 Å². The van der Waals surface area contributed by atoms with E-state index in [1.807, 2.05) is 24.3 Å². The number of hydrogen-bond donors (Lipinski definition) is 3. The van der Waals surface area contributed by atoms with Gasteiger partial charge in [0.05, 0.1) is 0 Å². The number of rotatable bonds is 6. The highest BCUT2D eigenvalue weighted by atomic mass is 79.9. The van der Waals surface area contributed by atoms with Gasteiger partial charge in [-0.25, -0.2) is 4.79 Å². The van der Waals surface area contributed by atoms with Crippen LogP contribution in [-0.2, 0) is 9.59 Å². The molecule has 0 unspecified atom stereocenters. The van der Waals surface area contributed by atoms with Gasteiger partial charge in [-0.3, -0.25) is 4.79 Å². The normalized spacial score (nSPS) is 12.3. The van der Waals surface area contributed by atoms with E-state index >= 15 is 0 Å². The van der Waals surface area contributed by atoms with Gasteiger partial charge in [-0.1, -0.05) is 28.1 Å². The average Bonchev–Trinajstić information content (AvgIpc) is 2.36. The number of carboxylic acids is 1. The Labute approximate surface area is 119 Å². The molecule has 1 atom stereocenters. The molecule has 1 rings (SSSR count). The van der Waals surface area contributed by atoms with Crippen LogP contribution in [0.15, 0.2) is 34.8 Å². The topological polar surface area (TPSA) is 86.6 Å². The number of carbonyl (C=O) groups is 2. The highest BCUT2D eigenvalue weighted by molar-refractivity contribution is 9.10. The van der Waals surface area contributed by atoms with Gasteiger partial charge in [0, 0.05) is 23.6 Å². The maximum atomic E-state index is 11.5. The number of aliphatic carboxylic acids is 1. The van der Waals surface area contributed by atoms with Crippen molar-refractivity contribution < 1.29 is 19.8 Å². The molecule has 0 aromatic heterocycles. The molecule has 0 aliphatic carbocycles. The zero-order valence-electron chi connectivity index (χ0n) is 10.0. The molecule has 1 amide bonds. The van der Waals surface area contributed by atoms with E-state index in [9.17, 15) is 9.59 Å². The van der Waals surface area contributed by atoms with Crippen molar-refractivity contribution in [3.8, 4) is 0 Å². The lowest BCUT2D eigenvalue weighted by atomic mass is 10.2. The number of benzene rings is 1. The molecule has 0 fully saturated rings. The third kappa shape index (κ3) is 5.67. The van der Waals surface area contributed by atoms with E-state index < -0.39 is 17.9 Å². The second-order valence-electron chi connectivity index (χ2n) is 3.80. The Balaban J connectivity index is 2.61. The summed E-state index contributed by atoms with van der Waals surface area (Å²) in [5, 5.41) is 19.8. The number of aliphatic hydroxyl groups excluding tert-OH is 1. The molecule has 0 spiro atoms. The van der Waals surface area contributed by atoms with Crippen LogP contribution in [-0.4, -0.2) is 34.7 Å². The second-order valence-corrected chi connectivity index (χ2v) is 4.72. The molecule has 0 saturated heterocycles. The zero-order valence-corrected chi connectivity index (χ0v) is 11.6. The Kier molecular flexibility index (Phi) is 6.24. The Morgan fingerprint density at radius 2 is 2.16 bits per heavy atom. The molecule has 6 heteroatoms. The van der Waals surface area contributed by atoms with Gasteiger partial charge in [0.2, 0.25) is 5.91 Å². The lowest BCUT2D eigenvalue weighted by Gasteiger charge is -2.11. The van der Waals surface area contributed by atoms with Crippen LogP contribution in [0.2, 0.25) is 0 Å². The molecule has 0 saturated carbocycles. The van der Waals surface area contributed by atoms with E-state index in [1.54, 1.807) is 6.08 Å². The third-order valence-corrected chi connectivity index (χ3v) is 2.80. The van der Waals surface area contributed by atoms with Gasteiger partial charge in [-0.2, -0.15) is 0 Å². The summed E-state index contributed by atoms with van der Waals surface area (Å²) in [4.78, 5) is 22.3. The van der Waals surface area contributed by atoms with Crippen LogP contribution in [0.4, 0.5) is 0 Å². The number of aliphatic hydroxyl groups is 1. The van der Waals surface area contributed by atoms with Gasteiger partial charge < -0.3 is 15.5 Å². The standard InChI is InChI=1S/C13H14BrNO4/c14-10-3-1-2-9(8-10)4-5-12(17)15-11(6-7-16)13(18)19/h1-5,8,11,16H,6-7H2,(H,15,17)(H,18,19)/b5-4+/t11-/m1/s1. The Hall–Kier alpha value is -1.66. The molecule has 0 aliphatic rings. The van der Waals surface area contributed by atoms with Gasteiger partial charge >= 0.3 is 5.97 Å². The van der Waals surface area contributed by atoms with Crippen molar-refractivity contribution in [1.29, 1.82) is 0 Å². The number of nitrogens with one attached hydrogen (secondary N) is 1. The fraction of sp³-hybridized carbons (Fsp3) is 0.231. The molecular weight excluding hydrogens is 314 g/mol. The summed E-state index contributed by atoms with van der Waals surface area (Å²) < 4.78 is 0.888. The zero-order chi connectivity index (χ0) is 14.3. The molecule has 19 heavy (non-hydrogen) atoms. The van der Waals surface area contributed by atoms with E-state index in [0.29, 0.717) is 0 Å². The summed E-state index contributed by atoms with van der Waals surface area (Å²) in [7, 11) is 0. The summed E-state index contributed by atoms with van der Waals surface area (Å²) in [5.74, 6) is -1.68. The highest BCUT2D eigenvalue weighted by Gasteiger charge is 2.17. The van der Waals surface area contributed by atoms with Crippen LogP contribution in [0.5, 0.6) is 0 Å². The molecule has 5 nitrogen and oxygen atoms in total. The quantitative estimate of drug-likeness (QED) is 0.689. The smallest absolute Gasteiger partial charge is 0.326 e. The molecule has 0 bridgehead atoms. The van der Waals surface area contributed by atoms with Crippen LogP contribution >= 0.6 is 15.9 Å². The fourth-order valence-corrected chi connectivity index (χ4v) is 1.81. The molecule has 0 heterocycles. The van der Waals surface area contributed by atoms with Crippen LogP contribution in [0.1, 0.15) is 12.0 Å². The van der Waals surface area contributed by atoms with Crippen molar-refractivity contribution >= 4 is 33.9 Å². The first kappa shape index (κ1) is 15.4. The number of halogens is 1. The van der Waals surface area contributed by atoms with Gasteiger partial charge in [0.1, 0.15) is 6.04 Å². The number of carboxylic acid groups (broad SMARTS) is 1. The monoisotopic (exact) mass is 327 g/mol. The summed E-state index contributed by atoms with van der Waals surface area (Å²) in [6.45, 7) is -0.299. The fourth-order valence-electron chi connectivity index (χ4n) is 1.39. The molecule has 3 N–H and O–H groups in total.